The molecule has 0 aliphatic heterocycles. The van der Waals surface area contributed by atoms with E-state index in [0.29, 0.717) is 13.2 Å². The van der Waals surface area contributed by atoms with E-state index < -0.39 is 5.41 Å². The Kier molecular flexibility index (Phi) is 4.78. The number of hydrogen-bond acceptors (Lipinski definition) is 3. The first-order chi connectivity index (χ1) is 9.56. The minimum Gasteiger partial charge on any atom is -0.380 e. The highest BCUT2D eigenvalue weighted by Gasteiger charge is 2.42. The van der Waals surface area contributed by atoms with Crippen molar-refractivity contribution in [2.75, 3.05) is 7.11 Å². The largest absolute Gasteiger partial charge is 0.380 e. The molecule has 0 radical (unpaired) electrons. The van der Waals surface area contributed by atoms with Crippen LogP contribution >= 0.6 is 0 Å². The van der Waals surface area contributed by atoms with Crippen molar-refractivity contribution in [3.05, 3.63) is 35.4 Å². The maximum atomic E-state index is 12.3. The van der Waals surface area contributed by atoms with Crippen LogP contribution in [0.1, 0.15) is 37.3 Å². The van der Waals surface area contributed by atoms with Crippen LogP contribution in [0.15, 0.2) is 24.3 Å². The van der Waals surface area contributed by atoms with Gasteiger partial charge in [-0.25, -0.2) is 0 Å². The van der Waals surface area contributed by atoms with Crippen LogP contribution in [0.2, 0.25) is 0 Å². The Morgan fingerprint density at radius 2 is 2.25 bits per heavy atom. The van der Waals surface area contributed by atoms with Crippen LogP contribution < -0.4 is 11.1 Å². The smallest absolute Gasteiger partial charge is 0.227 e. The third-order valence-electron chi connectivity index (χ3n) is 4.30. The highest BCUT2D eigenvalue weighted by atomic mass is 16.5. The van der Waals surface area contributed by atoms with Crippen LogP contribution in [-0.4, -0.2) is 19.1 Å². The van der Waals surface area contributed by atoms with E-state index in [1.54, 1.807) is 7.11 Å². The number of nitrogens with one attached hydrogen (secondary N) is 1. The maximum absolute atomic E-state index is 12.3. The molecule has 0 heterocycles. The van der Waals surface area contributed by atoms with Crippen molar-refractivity contribution in [2.24, 2.45) is 11.1 Å². The SMILES string of the molecule is COCc1cccc(CNC(=O)C2(C)CCCC2N)c1. The van der Waals surface area contributed by atoms with E-state index in [4.69, 9.17) is 10.5 Å². The standard InChI is InChI=1S/C16H24N2O2/c1-16(8-4-7-14(16)17)15(19)18-10-12-5-3-6-13(9-12)11-20-2/h3,5-6,9,14H,4,7-8,10-11,17H2,1-2H3,(H,18,19). The molecule has 1 aromatic rings. The lowest BCUT2D eigenvalue weighted by atomic mass is 9.84. The van der Waals surface area contributed by atoms with Gasteiger partial charge in [-0.2, -0.15) is 0 Å². The second-order valence-electron chi connectivity index (χ2n) is 5.85. The molecule has 2 rings (SSSR count). The van der Waals surface area contributed by atoms with Gasteiger partial charge in [-0.3, -0.25) is 4.79 Å². The first kappa shape index (κ1) is 15.0. The summed E-state index contributed by atoms with van der Waals surface area (Å²) < 4.78 is 5.12. The molecule has 1 fully saturated rings. The van der Waals surface area contributed by atoms with E-state index in [0.717, 1.165) is 30.4 Å². The Morgan fingerprint density at radius 1 is 1.50 bits per heavy atom. The molecular formula is C16H24N2O2. The molecule has 4 heteroatoms. The summed E-state index contributed by atoms with van der Waals surface area (Å²) in [4.78, 5) is 12.3. The van der Waals surface area contributed by atoms with Gasteiger partial charge < -0.3 is 15.8 Å². The summed E-state index contributed by atoms with van der Waals surface area (Å²) in [5.74, 6) is 0.0691. The molecule has 1 aromatic carbocycles. The molecule has 0 saturated heterocycles. The van der Waals surface area contributed by atoms with Gasteiger partial charge >= 0.3 is 0 Å². The Morgan fingerprint density at radius 3 is 2.90 bits per heavy atom. The van der Waals surface area contributed by atoms with E-state index >= 15 is 0 Å². The molecule has 2 unspecified atom stereocenters. The molecule has 0 aromatic heterocycles. The Hall–Kier alpha value is -1.39. The van der Waals surface area contributed by atoms with Crippen molar-refractivity contribution in [1.29, 1.82) is 0 Å². The second-order valence-corrected chi connectivity index (χ2v) is 5.85. The van der Waals surface area contributed by atoms with Gasteiger partial charge in [-0.15, -0.1) is 0 Å². The molecule has 0 bridgehead atoms. The summed E-state index contributed by atoms with van der Waals surface area (Å²) in [7, 11) is 1.68. The number of methoxy groups -OCH3 is 1. The van der Waals surface area contributed by atoms with Gasteiger partial charge in [-0.05, 0) is 30.9 Å². The van der Waals surface area contributed by atoms with Crippen molar-refractivity contribution in [1.82, 2.24) is 5.32 Å². The number of hydrogen-bond donors (Lipinski definition) is 2. The van der Waals surface area contributed by atoms with Crippen LogP contribution in [-0.2, 0) is 22.7 Å². The van der Waals surface area contributed by atoms with Gasteiger partial charge in [0.2, 0.25) is 5.91 Å². The van der Waals surface area contributed by atoms with Gasteiger partial charge in [0, 0.05) is 19.7 Å². The van der Waals surface area contributed by atoms with Gasteiger partial charge in [0.05, 0.1) is 12.0 Å². The molecule has 3 N–H and O–H groups in total. The summed E-state index contributed by atoms with van der Waals surface area (Å²) in [6.45, 7) is 3.10. The molecule has 20 heavy (non-hydrogen) atoms. The van der Waals surface area contributed by atoms with E-state index in [2.05, 4.69) is 11.4 Å². The van der Waals surface area contributed by atoms with Crippen molar-refractivity contribution in [3.63, 3.8) is 0 Å². The Labute approximate surface area is 120 Å². The lowest BCUT2D eigenvalue weighted by molar-refractivity contribution is -0.130. The van der Waals surface area contributed by atoms with Crippen molar-refractivity contribution in [3.8, 4) is 0 Å². The van der Waals surface area contributed by atoms with Gasteiger partial charge in [0.1, 0.15) is 0 Å². The van der Waals surface area contributed by atoms with Gasteiger partial charge in [0.15, 0.2) is 0 Å². The number of carbonyl (C=O) groups excluding carboxylic acids is 1. The van der Waals surface area contributed by atoms with Crippen LogP contribution in [0.25, 0.3) is 0 Å². The Balaban J connectivity index is 1.95. The quantitative estimate of drug-likeness (QED) is 0.864. The van der Waals surface area contributed by atoms with E-state index in [9.17, 15) is 4.79 Å². The van der Waals surface area contributed by atoms with Crippen LogP contribution in [0.4, 0.5) is 0 Å². The summed E-state index contributed by atoms with van der Waals surface area (Å²) in [5.41, 5.74) is 7.86. The first-order valence-electron chi connectivity index (χ1n) is 7.17. The predicted octanol–water partition coefficient (Wildman–Crippen LogP) is 1.97. The zero-order valence-corrected chi connectivity index (χ0v) is 12.3. The van der Waals surface area contributed by atoms with Crippen molar-refractivity contribution < 1.29 is 9.53 Å². The number of benzene rings is 1. The van der Waals surface area contributed by atoms with E-state index in [-0.39, 0.29) is 11.9 Å². The normalized spacial score (nSPS) is 25.6. The van der Waals surface area contributed by atoms with Crippen LogP contribution in [0.5, 0.6) is 0 Å². The van der Waals surface area contributed by atoms with Crippen molar-refractivity contribution >= 4 is 5.91 Å². The average Bonchev–Trinajstić information content (AvgIpc) is 2.78. The molecule has 1 aliphatic carbocycles. The number of ether oxygens (including phenoxy) is 1. The van der Waals surface area contributed by atoms with Crippen molar-refractivity contribution in [2.45, 2.75) is 45.4 Å². The fraction of sp³-hybridized carbons (Fsp3) is 0.562. The molecule has 1 saturated carbocycles. The highest BCUT2D eigenvalue weighted by molar-refractivity contribution is 5.83. The fourth-order valence-electron chi connectivity index (χ4n) is 2.86. The van der Waals surface area contributed by atoms with Crippen LogP contribution in [0.3, 0.4) is 0 Å². The monoisotopic (exact) mass is 276 g/mol. The second kappa shape index (κ2) is 6.37. The zero-order valence-electron chi connectivity index (χ0n) is 12.3. The zero-order chi connectivity index (χ0) is 14.6. The molecular weight excluding hydrogens is 252 g/mol. The molecule has 4 nitrogen and oxygen atoms in total. The third-order valence-corrected chi connectivity index (χ3v) is 4.30. The molecule has 1 amide bonds. The molecule has 110 valence electrons. The highest BCUT2D eigenvalue weighted by Crippen LogP contribution is 2.36. The molecule has 0 spiro atoms. The predicted molar refractivity (Wildman–Crippen MR) is 78.9 cm³/mol. The minimum absolute atomic E-state index is 0.0256. The molecule has 2 atom stereocenters. The third kappa shape index (κ3) is 3.19. The fourth-order valence-corrected chi connectivity index (χ4v) is 2.86. The summed E-state index contributed by atoms with van der Waals surface area (Å²) in [5, 5.41) is 3.02. The van der Waals surface area contributed by atoms with E-state index in [1.165, 1.54) is 0 Å². The molecule has 1 aliphatic rings. The van der Waals surface area contributed by atoms with Gasteiger partial charge in [-0.1, -0.05) is 30.7 Å². The lowest BCUT2D eigenvalue weighted by Gasteiger charge is -2.27. The summed E-state index contributed by atoms with van der Waals surface area (Å²) in [6, 6.07) is 8.04. The lowest BCUT2D eigenvalue weighted by Crippen LogP contribution is -2.47. The first-order valence-corrected chi connectivity index (χ1v) is 7.17. The summed E-state index contributed by atoms with van der Waals surface area (Å²) >= 11 is 0. The number of amides is 1. The number of nitrogens with two attached hydrogens (primary N) is 1. The van der Waals surface area contributed by atoms with E-state index in [1.807, 2.05) is 25.1 Å². The topological polar surface area (TPSA) is 64.3 Å². The van der Waals surface area contributed by atoms with Gasteiger partial charge in [0.25, 0.3) is 0 Å². The maximum Gasteiger partial charge on any atom is 0.227 e. The average molecular weight is 276 g/mol. The minimum atomic E-state index is -0.413. The number of rotatable bonds is 5. The number of carbonyl (C=O) groups is 1. The summed E-state index contributed by atoms with van der Waals surface area (Å²) in [6.07, 6.45) is 2.85. The van der Waals surface area contributed by atoms with Crippen LogP contribution in [0, 0.1) is 5.41 Å². The Bertz CT molecular complexity index is 475.